The van der Waals surface area contributed by atoms with Gasteiger partial charge in [-0.3, -0.25) is 4.79 Å². The minimum atomic E-state index is -0.281. The summed E-state index contributed by atoms with van der Waals surface area (Å²) in [5, 5.41) is 0. The highest BCUT2D eigenvalue weighted by Gasteiger charge is 2.50. The SMILES string of the molecule is C#Cc1c[nH]c(=O)c(N2CCOC3(COC3)C2C)c1. The first-order chi connectivity index (χ1) is 9.16. The molecule has 0 aliphatic carbocycles. The Balaban J connectivity index is 1.97. The van der Waals surface area contributed by atoms with Gasteiger partial charge in [-0.2, -0.15) is 0 Å². The number of H-pyrrole nitrogens is 1. The van der Waals surface area contributed by atoms with Crippen LogP contribution in [0.5, 0.6) is 0 Å². The lowest BCUT2D eigenvalue weighted by atomic mass is 9.90. The zero-order valence-electron chi connectivity index (χ0n) is 10.8. The summed E-state index contributed by atoms with van der Waals surface area (Å²) in [5.41, 5.74) is 0.879. The number of hydrogen-bond donors (Lipinski definition) is 1. The van der Waals surface area contributed by atoms with E-state index in [2.05, 4.69) is 22.7 Å². The van der Waals surface area contributed by atoms with Crippen LogP contribution in [0.3, 0.4) is 0 Å². The van der Waals surface area contributed by atoms with E-state index >= 15 is 0 Å². The average molecular weight is 260 g/mol. The highest BCUT2D eigenvalue weighted by Crippen LogP contribution is 2.33. The van der Waals surface area contributed by atoms with Crippen LogP contribution in [0.25, 0.3) is 0 Å². The van der Waals surface area contributed by atoms with Crippen molar-refractivity contribution in [1.82, 2.24) is 4.98 Å². The van der Waals surface area contributed by atoms with Crippen molar-refractivity contribution in [1.29, 1.82) is 0 Å². The van der Waals surface area contributed by atoms with E-state index in [0.29, 0.717) is 37.6 Å². The third-order valence-electron chi connectivity index (χ3n) is 4.00. The molecule has 1 spiro atoms. The molecule has 2 aliphatic rings. The summed E-state index contributed by atoms with van der Waals surface area (Å²) in [6.07, 6.45) is 6.94. The van der Waals surface area contributed by atoms with Crippen LogP contribution in [0.1, 0.15) is 12.5 Å². The minimum Gasteiger partial charge on any atom is -0.375 e. The summed E-state index contributed by atoms with van der Waals surface area (Å²) in [5.74, 6) is 2.54. The molecule has 1 aromatic heterocycles. The molecule has 1 aromatic rings. The van der Waals surface area contributed by atoms with E-state index in [1.165, 1.54) is 0 Å². The maximum atomic E-state index is 12.0. The van der Waals surface area contributed by atoms with Crippen molar-refractivity contribution in [3.8, 4) is 12.3 Å². The number of ether oxygens (including phenoxy) is 2. The molecule has 1 N–H and O–H groups in total. The maximum Gasteiger partial charge on any atom is 0.271 e. The predicted molar refractivity (Wildman–Crippen MR) is 71.3 cm³/mol. The minimum absolute atomic E-state index is 0.0872. The number of pyridine rings is 1. The van der Waals surface area contributed by atoms with Gasteiger partial charge in [-0.1, -0.05) is 5.92 Å². The van der Waals surface area contributed by atoms with Crippen LogP contribution in [0.2, 0.25) is 0 Å². The predicted octanol–water partition coefficient (Wildman–Crippen LogP) is 0.350. The highest BCUT2D eigenvalue weighted by molar-refractivity contribution is 5.51. The van der Waals surface area contributed by atoms with E-state index in [4.69, 9.17) is 15.9 Å². The molecule has 19 heavy (non-hydrogen) atoms. The molecule has 100 valence electrons. The lowest BCUT2D eigenvalue weighted by molar-refractivity contribution is -0.228. The van der Waals surface area contributed by atoms with Gasteiger partial charge >= 0.3 is 0 Å². The fourth-order valence-electron chi connectivity index (χ4n) is 2.67. The third-order valence-corrected chi connectivity index (χ3v) is 4.00. The highest BCUT2D eigenvalue weighted by atomic mass is 16.6. The summed E-state index contributed by atoms with van der Waals surface area (Å²) < 4.78 is 11.1. The third kappa shape index (κ3) is 1.84. The number of anilines is 1. The molecule has 2 fully saturated rings. The van der Waals surface area contributed by atoms with Gasteiger partial charge in [0.05, 0.1) is 25.9 Å². The van der Waals surface area contributed by atoms with Crippen LogP contribution in [0, 0.1) is 12.3 Å². The molecule has 0 bridgehead atoms. The lowest BCUT2D eigenvalue weighted by Gasteiger charge is -2.53. The second kappa shape index (κ2) is 4.41. The van der Waals surface area contributed by atoms with Crippen LogP contribution < -0.4 is 10.5 Å². The molecular weight excluding hydrogens is 244 g/mol. The fraction of sp³-hybridized carbons (Fsp3) is 0.500. The van der Waals surface area contributed by atoms with Crippen molar-refractivity contribution in [2.24, 2.45) is 0 Å². The van der Waals surface area contributed by atoms with E-state index in [0.717, 1.165) is 0 Å². The normalized spacial score (nSPS) is 24.8. The Kier molecular flexibility index (Phi) is 2.85. The van der Waals surface area contributed by atoms with Crippen molar-refractivity contribution >= 4 is 5.69 Å². The van der Waals surface area contributed by atoms with E-state index in [-0.39, 0.29) is 17.2 Å². The van der Waals surface area contributed by atoms with E-state index in [1.807, 2.05) is 0 Å². The zero-order valence-corrected chi connectivity index (χ0v) is 10.8. The summed E-state index contributed by atoms with van der Waals surface area (Å²) in [4.78, 5) is 16.8. The van der Waals surface area contributed by atoms with Crippen LogP contribution >= 0.6 is 0 Å². The van der Waals surface area contributed by atoms with Gasteiger partial charge in [0.25, 0.3) is 5.56 Å². The first-order valence-corrected chi connectivity index (χ1v) is 6.34. The molecule has 2 aliphatic heterocycles. The Bertz CT molecular complexity index is 583. The van der Waals surface area contributed by atoms with Gasteiger partial charge in [0.15, 0.2) is 0 Å². The van der Waals surface area contributed by atoms with Gasteiger partial charge in [0, 0.05) is 18.3 Å². The van der Waals surface area contributed by atoms with E-state index in [9.17, 15) is 4.79 Å². The molecule has 5 nitrogen and oxygen atoms in total. The van der Waals surface area contributed by atoms with Gasteiger partial charge in [-0.25, -0.2) is 0 Å². The Morgan fingerprint density at radius 2 is 2.37 bits per heavy atom. The fourth-order valence-corrected chi connectivity index (χ4v) is 2.67. The summed E-state index contributed by atoms with van der Waals surface area (Å²) in [6.45, 7) is 4.49. The van der Waals surface area contributed by atoms with Crippen molar-refractivity contribution in [3.05, 3.63) is 28.2 Å². The van der Waals surface area contributed by atoms with Crippen LogP contribution in [-0.4, -0.2) is 43.0 Å². The molecule has 0 saturated carbocycles. The molecule has 5 heteroatoms. The number of terminal acetylenes is 1. The standard InChI is InChI=1S/C14H16N2O3/c1-3-11-6-12(13(17)15-7-11)16-4-5-19-14(10(16)2)8-18-9-14/h1,6-7,10H,4-5,8-9H2,2H3,(H,15,17). The van der Waals surface area contributed by atoms with Crippen molar-refractivity contribution < 1.29 is 9.47 Å². The van der Waals surface area contributed by atoms with E-state index in [1.54, 1.807) is 12.3 Å². The lowest BCUT2D eigenvalue weighted by Crippen LogP contribution is -2.68. The van der Waals surface area contributed by atoms with Gasteiger partial charge in [-0.15, -0.1) is 6.42 Å². The Labute approximate surface area is 111 Å². The number of nitrogens with one attached hydrogen (secondary N) is 1. The van der Waals surface area contributed by atoms with Crippen LogP contribution in [0.4, 0.5) is 5.69 Å². The summed E-state index contributed by atoms with van der Waals surface area (Å²) in [6, 6.07) is 1.84. The topological polar surface area (TPSA) is 54.6 Å². The van der Waals surface area contributed by atoms with Crippen molar-refractivity contribution in [2.45, 2.75) is 18.6 Å². The average Bonchev–Trinajstić information content (AvgIpc) is 2.38. The number of rotatable bonds is 1. The number of aromatic nitrogens is 1. The van der Waals surface area contributed by atoms with Crippen molar-refractivity contribution in [3.63, 3.8) is 0 Å². The molecule has 3 rings (SSSR count). The zero-order chi connectivity index (χ0) is 13.5. The molecule has 0 amide bonds. The number of nitrogens with zero attached hydrogens (tertiary/aromatic N) is 1. The second-order valence-corrected chi connectivity index (χ2v) is 5.02. The monoisotopic (exact) mass is 260 g/mol. The second-order valence-electron chi connectivity index (χ2n) is 5.02. The van der Waals surface area contributed by atoms with E-state index < -0.39 is 0 Å². The maximum absolute atomic E-state index is 12.0. The van der Waals surface area contributed by atoms with Gasteiger partial charge in [-0.05, 0) is 13.0 Å². The first kappa shape index (κ1) is 12.3. The van der Waals surface area contributed by atoms with Crippen LogP contribution in [0.15, 0.2) is 17.1 Å². The van der Waals surface area contributed by atoms with Gasteiger partial charge in [0.1, 0.15) is 11.3 Å². The number of aromatic amines is 1. The molecule has 1 unspecified atom stereocenters. The van der Waals surface area contributed by atoms with Gasteiger partial charge in [0.2, 0.25) is 0 Å². The van der Waals surface area contributed by atoms with Crippen molar-refractivity contribution in [2.75, 3.05) is 31.3 Å². The molecule has 2 saturated heterocycles. The summed E-state index contributed by atoms with van der Waals surface area (Å²) in [7, 11) is 0. The number of morpholine rings is 1. The first-order valence-electron chi connectivity index (χ1n) is 6.34. The smallest absolute Gasteiger partial charge is 0.271 e. The Morgan fingerprint density at radius 3 is 3.00 bits per heavy atom. The molecule has 0 aromatic carbocycles. The van der Waals surface area contributed by atoms with Crippen LogP contribution in [-0.2, 0) is 9.47 Å². The Hall–Kier alpha value is -1.77. The summed E-state index contributed by atoms with van der Waals surface area (Å²) >= 11 is 0. The Morgan fingerprint density at radius 1 is 1.58 bits per heavy atom. The molecule has 1 atom stereocenters. The number of hydrogen-bond acceptors (Lipinski definition) is 4. The molecule has 0 radical (unpaired) electrons. The molecular formula is C14H16N2O3. The van der Waals surface area contributed by atoms with Gasteiger partial charge < -0.3 is 19.4 Å². The molecule has 3 heterocycles. The largest absolute Gasteiger partial charge is 0.375 e. The quantitative estimate of drug-likeness (QED) is 0.740.